The molecule has 1 amide bonds. The molecule has 100 valence electrons. The highest BCUT2D eigenvalue weighted by Crippen LogP contribution is 2.25. The highest BCUT2D eigenvalue weighted by molar-refractivity contribution is 7.16. The van der Waals surface area contributed by atoms with E-state index in [0.717, 1.165) is 21.8 Å². The Labute approximate surface area is 117 Å². The summed E-state index contributed by atoms with van der Waals surface area (Å²) in [6, 6.07) is 1.81. The molecule has 2 heterocycles. The van der Waals surface area contributed by atoms with E-state index in [2.05, 4.69) is 10.3 Å². The lowest BCUT2D eigenvalue weighted by molar-refractivity contribution is 0.0690. The van der Waals surface area contributed by atoms with Gasteiger partial charge in [0.2, 0.25) is 0 Å². The number of nitrogens with one attached hydrogen (secondary N) is 1. The summed E-state index contributed by atoms with van der Waals surface area (Å²) in [6.07, 6.45) is 0. The molecule has 19 heavy (non-hydrogen) atoms. The van der Waals surface area contributed by atoms with Gasteiger partial charge in [-0.15, -0.1) is 22.7 Å². The topological polar surface area (TPSA) is 79.3 Å². The van der Waals surface area contributed by atoms with Crippen LogP contribution in [0, 0.1) is 20.8 Å². The third-order valence-corrected chi connectivity index (χ3v) is 4.65. The van der Waals surface area contributed by atoms with Crippen LogP contribution >= 0.6 is 22.7 Å². The number of rotatable bonds is 3. The van der Waals surface area contributed by atoms with Gasteiger partial charge in [0.15, 0.2) is 10.8 Å². The van der Waals surface area contributed by atoms with E-state index < -0.39 is 5.97 Å². The predicted molar refractivity (Wildman–Crippen MR) is 75.6 cm³/mol. The molecule has 0 aliphatic rings. The van der Waals surface area contributed by atoms with Crippen LogP contribution in [0.4, 0.5) is 5.13 Å². The third kappa shape index (κ3) is 2.82. The number of hydrogen-bond donors (Lipinski definition) is 2. The smallest absolute Gasteiger partial charge is 0.355 e. The van der Waals surface area contributed by atoms with E-state index in [4.69, 9.17) is 5.11 Å². The van der Waals surface area contributed by atoms with Crippen LogP contribution in [-0.4, -0.2) is 22.0 Å². The first-order valence-corrected chi connectivity index (χ1v) is 7.11. The van der Waals surface area contributed by atoms with E-state index in [0.29, 0.717) is 14.9 Å². The summed E-state index contributed by atoms with van der Waals surface area (Å²) in [5.41, 5.74) is 1.05. The lowest BCUT2D eigenvalue weighted by Gasteiger charge is -1.97. The number of aromatic nitrogens is 1. The first kappa shape index (κ1) is 13.7. The van der Waals surface area contributed by atoms with Crippen molar-refractivity contribution in [3.8, 4) is 0 Å². The maximum atomic E-state index is 12.0. The van der Waals surface area contributed by atoms with E-state index in [1.807, 2.05) is 19.9 Å². The van der Waals surface area contributed by atoms with Gasteiger partial charge in [-0.05, 0) is 32.4 Å². The number of nitrogens with zero attached hydrogens (tertiary/aromatic N) is 1. The van der Waals surface area contributed by atoms with Crippen molar-refractivity contribution < 1.29 is 14.7 Å². The normalized spacial score (nSPS) is 10.5. The fourth-order valence-electron chi connectivity index (χ4n) is 1.49. The second kappa shape index (κ2) is 5.10. The number of thiophene rings is 1. The molecular formula is C12H12N2O3S2. The first-order valence-electron chi connectivity index (χ1n) is 5.47. The van der Waals surface area contributed by atoms with Gasteiger partial charge in [-0.2, -0.15) is 0 Å². The van der Waals surface area contributed by atoms with Gasteiger partial charge in [-0.3, -0.25) is 10.1 Å². The number of amides is 1. The summed E-state index contributed by atoms with van der Waals surface area (Å²) in [6.45, 7) is 5.56. The summed E-state index contributed by atoms with van der Waals surface area (Å²) in [7, 11) is 0. The van der Waals surface area contributed by atoms with Crippen molar-refractivity contribution in [3.63, 3.8) is 0 Å². The van der Waals surface area contributed by atoms with Crippen LogP contribution in [0.5, 0.6) is 0 Å². The van der Waals surface area contributed by atoms with Crippen molar-refractivity contribution in [1.29, 1.82) is 0 Å². The lowest BCUT2D eigenvalue weighted by Crippen LogP contribution is -2.10. The summed E-state index contributed by atoms with van der Waals surface area (Å²) < 4.78 is 0. The predicted octanol–water partition coefficient (Wildman–Crippen LogP) is 3.08. The van der Waals surface area contributed by atoms with Crippen molar-refractivity contribution in [1.82, 2.24) is 4.98 Å². The molecule has 0 atom stereocenters. The van der Waals surface area contributed by atoms with E-state index in [1.165, 1.54) is 11.3 Å². The van der Waals surface area contributed by atoms with Crippen LogP contribution in [0.25, 0.3) is 0 Å². The number of carbonyl (C=O) groups excluding carboxylic acids is 1. The number of carbonyl (C=O) groups is 2. The second-order valence-electron chi connectivity index (χ2n) is 4.03. The Morgan fingerprint density at radius 3 is 2.37 bits per heavy atom. The summed E-state index contributed by atoms with van der Waals surface area (Å²) in [5, 5.41) is 11.8. The molecule has 5 nitrogen and oxygen atoms in total. The molecule has 0 aliphatic carbocycles. The SMILES string of the molecule is Cc1cc(C(=O)Nc2nc(C(=O)O)c(C)s2)sc1C. The molecule has 0 radical (unpaired) electrons. The Bertz CT molecular complexity index is 638. The minimum atomic E-state index is -1.09. The van der Waals surface area contributed by atoms with Crippen molar-refractivity contribution in [2.75, 3.05) is 5.32 Å². The Hall–Kier alpha value is -1.73. The number of carboxylic acid groups (broad SMARTS) is 1. The molecule has 2 aromatic rings. The van der Waals surface area contributed by atoms with E-state index in [9.17, 15) is 9.59 Å². The van der Waals surface area contributed by atoms with Crippen LogP contribution < -0.4 is 5.32 Å². The molecule has 0 fully saturated rings. The molecule has 0 aromatic carbocycles. The van der Waals surface area contributed by atoms with E-state index >= 15 is 0 Å². The van der Waals surface area contributed by atoms with Gasteiger partial charge in [0.05, 0.1) is 4.88 Å². The molecule has 0 aliphatic heterocycles. The molecule has 0 unspecified atom stereocenters. The Kier molecular flexibility index (Phi) is 3.68. The minimum absolute atomic E-state index is 0.0150. The number of aromatic carboxylic acids is 1. The number of hydrogen-bond acceptors (Lipinski definition) is 5. The monoisotopic (exact) mass is 296 g/mol. The van der Waals surface area contributed by atoms with Crippen LogP contribution in [0.1, 0.15) is 35.5 Å². The number of carboxylic acids is 1. The van der Waals surface area contributed by atoms with Crippen LogP contribution in [0.15, 0.2) is 6.07 Å². The Morgan fingerprint density at radius 1 is 1.21 bits per heavy atom. The van der Waals surface area contributed by atoms with Gasteiger partial charge in [-0.1, -0.05) is 0 Å². The highest BCUT2D eigenvalue weighted by Gasteiger charge is 2.17. The summed E-state index contributed by atoms with van der Waals surface area (Å²) in [5.74, 6) is -1.34. The maximum Gasteiger partial charge on any atom is 0.355 e. The molecule has 7 heteroatoms. The van der Waals surface area contributed by atoms with Crippen LogP contribution in [0.3, 0.4) is 0 Å². The van der Waals surface area contributed by atoms with Gasteiger partial charge >= 0.3 is 5.97 Å². The minimum Gasteiger partial charge on any atom is -0.476 e. The fraction of sp³-hybridized carbons (Fsp3) is 0.250. The van der Waals surface area contributed by atoms with Crippen LogP contribution in [-0.2, 0) is 0 Å². The quantitative estimate of drug-likeness (QED) is 0.912. The Balaban J connectivity index is 2.19. The molecule has 2 N–H and O–H groups in total. The van der Waals surface area contributed by atoms with Gasteiger partial charge in [-0.25, -0.2) is 9.78 Å². The molecule has 0 saturated carbocycles. The average molecular weight is 296 g/mol. The zero-order valence-electron chi connectivity index (χ0n) is 10.6. The van der Waals surface area contributed by atoms with Gasteiger partial charge < -0.3 is 5.11 Å². The lowest BCUT2D eigenvalue weighted by atomic mass is 10.3. The van der Waals surface area contributed by atoms with Crippen molar-refractivity contribution in [2.45, 2.75) is 20.8 Å². The van der Waals surface area contributed by atoms with Gasteiger partial charge in [0, 0.05) is 9.75 Å². The van der Waals surface area contributed by atoms with E-state index in [1.54, 1.807) is 6.92 Å². The zero-order valence-corrected chi connectivity index (χ0v) is 12.2. The molecule has 0 bridgehead atoms. The van der Waals surface area contributed by atoms with Crippen LogP contribution in [0.2, 0.25) is 0 Å². The first-order chi connectivity index (χ1) is 8.88. The fourth-order valence-corrected chi connectivity index (χ4v) is 3.22. The van der Waals surface area contributed by atoms with E-state index in [-0.39, 0.29) is 11.6 Å². The maximum absolute atomic E-state index is 12.0. The standard InChI is InChI=1S/C12H12N2O3S2/c1-5-4-8(18-6(5)2)10(15)14-12-13-9(11(16)17)7(3)19-12/h4H,1-3H3,(H,16,17)(H,13,14,15). The van der Waals surface area contributed by atoms with Gasteiger partial charge in [0.1, 0.15) is 0 Å². The number of aryl methyl sites for hydroxylation is 3. The second-order valence-corrected chi connectivity index (χ2v) is 6.49. The summed E-state index contributed by atoms with van der Waals surface area (Å²) >= 11 is 2.56. The molecular weight excluding hydrogens is 284 g/mol. The van der Waals surface area contributed by atoms with Crippen molar-refractivity contribution >= 4 is 39.7 Å². The van der Waals surface area contributed by atoms with Crippen molar-refractivity contribution in [3.05, 3.63) is 32.0 Å². The summed E-state index contributed by atoms with van der Waals surface area (Å²) in [4.78, 5) is 29.0. The average Bonchev–Trinajstić information content (AvgIpc) is 2.83. The number of thiazole rings is 1. The molecule has 2 rings (SSSR count). The zero-order chi connectivity index (χ0) is 14.2. The van der Waals surface area contributed by atoms with Gasteiger partial charge in [0.25, 0.3) is 5.91 Å². The molecule has 2 aromatic heterocycles. The Morgan fingerprint density at radius 2 is 1.89 bits per heavy atom. The largest absolute Gasteiger partial charge is 0.476 e. The highest BCUT2D eigenvalue weighted by atomic mass is 32.1. The van der Waals surface area contributed by atoms with Crippen molar-refractivity contribution in [2.24, 2.45) is 0 Å². The number of anilines is 1. The molecule has 0 saturated heterocycles. The third-order valence-electron chi connectivity index (χ3n) is 2.61. The molecule has 0 spiro atoms.